The minimum Gasteiger partial charge on any atom is -0.485 e. The van der Waals surface area contributed by atoms with E-state index in [9.17, 15) is 4.79 Å². The molecule has 0 spiro atoms. The van der Waals surface area contributed by atoms with Crippen LogP contribution in [0.5, 0.6) is 5.75 Å². The van der Waals surface area contributed by atoms with Gasteiger partial charge in [0, 0.05) is 13.5 Å². The molecule has 2 aliphatic rings. The Hall–Kier alpha value is -1.40. The van der Waals surface area contributed by atoms with E-state index in [4.69, 9.17) is 21.1 Å². The summed E-state index contributed by atoms with van der Waals surface area (Å²) in [4.78, 5) is 21.8. The molecule has 1 fully saturated rings. The number of rotatable bonds is 1. The van der Waals surface area contributed by atoms with Crippen LogP contribution >= 0.6 is 11.6 Å². The predicted molar refractivity (Wildman–Crippen MR) is 64.5 cm³/mol. The third kappa shape index (κ3) is 1.81. The minimum atomic E-state index is -0.178. The SMILES string of the molecule is CC(=O)c1nc(Cl)nc2c1OCC1COCCN21. The first kappa shape index (κ1) is 11.7. The number of anilines is 1. The molecule has 7 heteroatoms. The van der Waals surface area contributed by atoms with E-state index in [2.05, 4.69) is 14.9 Å². The van der Waals surface area contributed by atoms with Crippen molar-refractivity contribution in [2.24, 2.45) is 0 Å². The first-order chi connectivity index (χ1) is 8.66. The summed E-state index contributed by atoms with van der Waals surface area (Å²) in [6, 6.07) is 0.122. The van der Waals surface area contributed by atoms with Crippen molar-refractivity contribution >= 4 is 23.2 Å². The van der Waals surface area contributed by atoms with E-state index in [0.717, 1.165) is 0 Å². The van der Waals surface area contributed by atoms with Gasteiger partial charge >= 0.3 is 0 Å². The van der Waals surface area contributed by atoms with E-state index >= 15 is 0 Å². The topological polar surface area (TPSA) is 64.5 Å². The van der Waals surface area contributed by atoms with Crippen LogP contribution in [0.2, 0.25) is 5.28 Å². The van der Waals surface area contributed by atoms with Gasteiger partial charge in [-0.1, -0.05) is 0 Å². The summed E-state index contributed by atoms with van der Waals surface area (Å²) in [7, 11) is 0. The average molecular weight is 270 g/mol. The van der Waals surface area contributed by atoms with Crippen LogP contribution in [-0.2, 0) is 4.74 Å². The quantitative estimate of drug-likeness (QED) is 0.558. The molecule has 6 nitrogen and oxygen atoms in total. The van der Waals surface area contributed by atoms with E-state index in [1.165, 1.54) is 6.92 Å². The molecule has 1 saturated heterocycles. The molecule has 0 aliphatic carbocycles. The number of carbonyl (C=O) groups is 1. The summed E-state index contributed by atoms with van der Waals surface area (Å²) in [5.41, 5.74) is 0.245. The summed E-state index contributed by atoms with van der Waals surface area (Å²) in [6.45, 7) is 3.85. The fraction of sp³-hybridized carbons (Fsp3) is 0.545. The maximum absolute atomic E-state index is 11.6. The van der Waals surface area contributed by atoms with Crippen molar-refractivity contribution in [3.05, 3.63) is 11.0 Å². The third-order valence-corrected chi connectivity index (χ3v) is 3.24. The number of carbonyl (C=O) groups excluding carboxylic acids is 1. The summed E-state index contributed by atoms with van der Waals surface area (Å²) < 4.78 is 11.0. The lowest BCUT2D eigenvalue weighted by Crippen LogP contribution is -2.51. The number of fused-ring (bicyclic) bond motifs is 3. The molecule has 0 bridgehead atoms. The van der Waals surface area contributed by atoms with E-state index in [1.54, 1.807) is 0 Å². The smallest absolute Gasteiger partial charge is 0.225 e. The van der Waals surface area contributed by atoms with Crippen LogP contribution < -0.4 is 9.64 Å². The van der Waals surface area contributed by atoms with Gasteiger partial charge in [-0.25, -0.2) is 4.98 Å². The van der Waals surface area contributed by atoms with Crippen LogP contribution in [0, 0.1) is 0 Å². The monoisotopic (exact) mass is 269 g/mol. The second-order valence-electron chi connectivity index (χ2n) is 4.28. The molecule has 0 amide bonds. The molecule has 1 aromatic heterocycles. The molecule has 0 saturated carbocycles. The van der Waals surface area contributed by atoms with Gasteiger partial charge in [-0.3, -0.25) is 4.79 Å². The van der Waals surface area contributed by atoms with Crippen molar-refractivity contribution in [1.82, 2.24) is 9.97 Å². The lowest BCUT2D eigenvalue weighted by Gasteiger charge is -2.40. The lowest BCUT2D eigenvalue weighted by atomic mass is 10.1. The number of aromatic nitrogens is 2. The molecule has 0 N–H and O–H groups in total. The summed E-state index contributed by atoms with van der Waals surface area (Å²) in [5, 5.41) is 0.0645. The Balaban J connectivity index is 2.10. The predicted octanol–water partition coefficient (Wildman–Crippen LogP) is 0.930. The highest BCUT2D eigenvalue weighted by molar-refractivity contribution is 6.28. The Morgan fingerprint density at radius 3 is 3.06 bits per heavy atom. The van der Waals surface area contributed by atoms with Crippen molar-refractivity contribution < 1.29 is 14.3 Å². The Bertz CT molecular complexity index is 509. The maximum Gasteiger partial charge on any atom is 0.225 e. The molecule has 3 rings (SSSR count). The Labute approximate surface area is 109 Å². The largest absolute Gasteiger partial charge is 0.485 e. The van der Waals surface area contributed by atoms with Crippen molar-refractivity contribution in [3.63, 3.8) is 0 Å². The molecular formula is C11H12ClN3O3. The van der Waals surface area contributed by atoms with Crippen LogP contribution in [0.15, 0.2) is 0 Å². The van der Waals surface area contributed by atoms with Gasteiger partial charge in [0.2, 0.25) is 5.28 Å². The molecule has 1 unspecified atom stereocenters. The molecule has 0 aromatic carbocycles. The second-order valence-corrected chi connectivity index (χ2v) is 4.62. The van der Waals surface area contributed by atoms with E-state index in [0.29, 0.717) is 37.9 Å². The Kier molecular flexibility index (Phi) is 2.83. The average Bonchev–Trinajstić information content (AvgIpc) is 2.37. The van der Waals surface area contributed by atoms with Gasteiger partial charge in [0.05, 0.1) is 19.3 Å². The van der Waals surface area contributed by atoms with Gasteiger partial charge < -0.3 is 14.4 Å². The van der Waals surface area contributed by atoms with Gasteiger partial charge in [0.25, 0.3) is 0 Å². The van der Waals surface area contributed by atoms with Crippen LogP contribution in [-0.4, -0.2) is 48.2 Å². The van der Waals surface area contributed by atoms with Gasteiger partial charge in [-0.15, -0.1) is 0 Å². The number of nitrogens with zero attached hydrogens (tertiary/aromatic N) is 3. The normalized spacial score (nSPS) is 21.9. The van der Waals surface area contributed by atoms with Crippen molar-refractivity contribution in [3.8, 4) is 5.75 Å². The maximum atomic E-state index is 11.6. The first-order valence-corrected chi connectivity index (χ1v) is 6.10. The van der Waals surface area contributed by atoms with Crippen LogP contribution in [0.1, 0.15) is 17.4 Å². The van der Waals surface area contributed by atoms with Crippen LogP contribution in [0.25, 0.3) is 0 Å². The lowest BCUT2D eigenvalue weighted by molar-refractivity contribution is 0.0690. The molecule has 0 radical (unpaired) electrons. The molecule has 18 heavy (non-hydrogen) atoms. The highest BCUT2D eigenvalue weighted by atomic mass is 35.5. The molecule has 1 aromatic rings. The highest BCUT2D eigenvalue weighted by Crippen LogP contribution is 2.36. The van der Waals surface area contributed by atoms with Crippen molar-refractivity contribution in [1.29, 1.82) is 0 Å². The van der Waals surface area contributed by atoms with Crippen molar-refractivity contribution in [2.75, 3.05) is 31.3 Å². The van der Waals surface area contributed by atoms with Crippen molar-refractivity contribution in [2.45, 2.75) is 13.0 Å². The molecule has 96 valence electrons. The molecule has 1 atom stereocenters. The zero-order chi connectivity index (χ0) is 12.7. The summed E-state index contributed by atoms with van der Waals surface area (Å²) in [5.74, 6) is 0.854. The number of morpholine rings is 1. The van der Waals surface area contributed by atoms with E-state index in [1.807, 2.05) is 0 Å². The zero-order valence-corrected chi connectivity index (χ0v) is 10.6. The summed E-state index contributed by atoms with van der Waals surface area (Å²) in [6.07, 6.45) is 0. The standard InChI is InChI=1S/C11H12ClN3O3/c1-6(16)8-9-10(14-11(12)13-8)15-2-3-17-4-7(15)5-18-9/h7H,2-5H2,1H3. The number of Topliss-reactive ketones (excluding diaryl/α,β-unsaturated/α-hetero) is 1. The number of halogens is 1. The minimum absolute atomic E-state index is 0.0645. The van der Waals surface area contributed by atoms with Gasteiger partial charge in [-0.2, -0.15) is 4.98 Å². The Morgan fingerprint density at radius 2 is 2.28 bits per heavy atom. The fourth-order valence-corrected chi connectivity index (χ4v) is 2.39. The molecular weight excluding hydrogens is 258 g/mol. The first-order valence-electron chi connectivity index (χ1n) is 5.72. The van der Waals surface area contributed by atoms with Gasteiger partial charge in [0.15, 0.2) is 23.0 Å². The van der Waals surface area contributed by atoms with E-state index in [-0.39, 0.29) is 22.8 Å². The number of ketones is 1. The third-order valence-electron chi connectivity index (χ3n) is 3.07. The van der Waals surface area contributed by atoms with Crippen LogP contribution in [0.4, 0.5) is 5.82 Å². The second kappa shape index (κ2) is 4.37. The Morgan fingerprint density at radius 1 is 1.44 bits per heavy atom. The highest BCUT2D eigenvalue weighted by Gasteiger charge is 2.34. The number of hydrogen-bond donors (Lipinski definition) is 0. The number of hydrogen-bond acceptors (Lipinski definition) is 6. The summed E-state index contributed by atoms with van der Waals surface area (Å²) >= 11 is 5.87. The van der Waals surface area contributed by atoms with E-state index < -0.39 is 0 Å². The van der Waals surface area contributed by atoms with Gasteiger partial charge in [-0.05, 0) is 11.6 Å². The zero-order valence-electron chi connectivity index (χ0n) is 9.85. The molecule has 2 aliphatic heterocycles. The number of ether oxygens (including phenoxy) is 2. The molecule has 3 heterocycles. The van der Waals surface area contributed by atoms with Gasteiger partial charge in [0.1, 0.15) is 6.61 Å². The van der Waals surface area contributed by atoms with Crippen LogP contribution in [0.3, 0.4) is 0 Å². The fourth-order valence-electron chi connectivity index (χ4n) is 2.23.